The minimum atomic E-state index is 0.218. The Balaban J connectivity index is 0.000000209. The first kappa shape index (κ1) is 24.9. The van der Waals surface area contributed by atoms with Crippen molar-refractivity contribution in [3.05, 3.63) is 97.1 Å². The van der Waals surface area contributed by atoms with Gasteiger partial charge in [0, 0.05) is 23.5 Å². The van der Waals surface area contributed by atoms with Crippen LogP contribution in [0.2, 0.25) is 0 Å². The highest BCUT2D eigenvalue weighted by Gasteiger charge is 1.98. The summed E-state index contributed by atoms with van der Waals surface area (Å²) in [5.41, 5.74) is 12.5. The summed E-state index contributed by atoms with van der Waals surface area (Å²) in [6.07, 6.45) is 1.25. The van der Waals surface area contributed by atoms with Crippen molar-refractivity contribution in [2.45, 2.75) is 20.3 Å². The van der Waals surface area contributed by atoms with E-state index in [0.29, 0.717) is 34.4 Å². The van der Waals surface area contributed by atoms with Crippen molar-refractivity contribution in [3.8, 4) is 34.5 Å². The smallest absolute Gasteiger partial charge is 0.129 e. The van der Waals surface area contributed by atoms with Crippen LogP contribution in [0.1, 0.15) is 20.3 Å². The van der Waals surface area contributed by atoms with Crippen LogP contribution in [0.3, 0.4) is 0 Å². The summed E-state index contributed by atoms with van der Waals surface area (Å²) in [6, 6.07) is 27.4. The SMILES string of the molecule is CCC.Nc1cccc(Oc2ccc(O)cc2)c1.Nc1cccc(Oc2ccc(O)cc2)c1. The zero-order chi connectivity index (χ0) is 24.1. The van der Waals surface area contributed by atoms with Gasteiger partial charge in [-0.1, -0.05) is 32.4 Å². The standard InChI is InChI=1S/2C12H11NO2.C3H8/c2*13-9-2-1-3-12(8-9)15-11-6-4-10(14)5-7-11;1-3-2/h2*1-8,14H,13H2;3H2,1-2H3. The van der Waals surface area contributed by atoms with Gasteiger partial charge in [0.05, 0.1) is 0 Å². The highest BCUT2D eigenvalue weighted by molar-refractivity contribution is 5.46. The summed E-state index contributed by atoms with van der Waals surface area (Å²) in [5, 5.41) is 18.2. The van der Waals surface area contributed by atoms with Crippen LogP contribution in [0.15, 0.2) is 97.1 Å². The Morgan fingerprint density at radius 1 is 0.545 bits per heavy atom. The monoisotopic (exact) mass is 446 g/mol. The molecule has 4 rings (SSSR count). The van der Waals surface area contributed by atoms with Crippen molar-refractivity contribution in [3.63, 3.8) is 0 Å². The average molecular weight is 447 g/mol. The quantitative estimate of drug-likeness (QED) is 0.252. The van der Waals surface area contributed by atoms with Gasteiger partial charge < -0.3 is 31.2 Å². The van der Waals surface area contributed by atoms with E-state index in [4.69, 9.17) is 31.2 Å². The van der Waals surface area contributed by atoms with E-state index < -0.39 is 0 Å². The van der Waals surface area contributed by atoms with Crippen molar-refractivity contribution < 1.29 is 19.7 Å². The molecule has 6 N–H and O–H groups in total. The number of nitrogens with two attached hydrogens (primary N) is 2. The molecule has 172 valence electrons. The van der Waals surface area contributed by atoms with Gasteiger partial charge >= 0.3 is 0 Å². The van der Waals surface area contributed by atoms with Gasteiger partial charge in [0.15, 0.2) is 0 Å². The Morgan fingerprint density at radius 2 is 0.879 bits per heavy atom. The van der Waals surface area contributed by atoms with Crippen LogP contribution in [0.25, 0.3) is 0 Å². The van der Waals surface area contributed by atoms with Gasteiger partial charge in [-0.05, 0) is 72.8 Å². The zero-order valence-electron chi connectivity index (χ0n) is 18.8. The number of ether oxygens (including phenoxy) is 2. The van der Waals surface area contributed by atoms with E-state index in [2.05, 4.69) is 13.8 Å². The second-order valence-electron chi connectivity index (χ2n) is 7.04. The highest BCUT2D eigenvalue weighted by atomic mass is 16.5. The van der Waals surface area contributed by atoms with Gasteiger partial charge in [0.1, 0.15) is 34.5 Å². The molecule has 4 aromatic carbocycles. The number of rotatable bonds is 4. The molecule has 0 heterocycles. The first-order chi connectivity index (χ1) is 15.9. The molecule has 33 heavy (non-hydrogen) atoms. The van der Waals surface area contributed by atoms with Gasteiger partial charge in [0.2, 0.25) is 0 Å². The van der Waals surface area contributed by atoms with Crippen LogP contribution in [0.5, 0.6) is 34.5 Å². The molecule has 0 atom stereocenters. The van der Waals surface area contributed by atoms with E-state index in [0.717, 1.165) is 0 Å². The highest BCUT2D eigenvalue weighted by Crippen LogP contribution is 2.25. The average Bonchev–Trinajstić information content (AvgIpc) is 2.78. The van der Waals surface area contributed by atoms with Gasteiger partial charge in [-0.15, -0.1) is 0 Å². The summed E-state index contributed by atoms with van der Waals surface area (Å²) in [7, 11) is 0. The molecular formula is C27H30N2O4. The molecule has 4 aromatic rings. The number of nitrogen functional groups attached to an aromatic ring is 2. The molecule has 0 aromatic heterocycles. The maximum atomic E-state index is 9.09. The third kappa shape index (κ3) is 9.57. The number of hydrogen-bond acceptors (Lipinski definition) is 6. The number of phenolic OH excluding ortho intramolecular Hbond substituents is 2. The summed E-state index contributed by atoms with van der Waals surface area (Å²) < 4.78 is 11.0. The molecule has 0 aliphatic carbocycles. The number of benzene rings is 4. The van der Waals surface area contributed by atoms with Crippen LogP contribution in [-0.2, 0) is 0 Å². The fourth-order valence-corrected chi connectivity index (χ4v) is 2.46. The summed E-state index contributed by atoms with van der Waals surface area (Å²) in [5.74, 6) is 3.13. The van der Waals surface area contributed by atoms with Crippen molar-refractivity contribution in [1.29, 1.82) is 0 Å². The second kappa shape index (κ2) is 13.2. The summed E-state index contributed by atoms with van der Waals surface area (Å²) >= 11 is 0. The van der Waals surface area contributed by atoms with E-state index in [1.54, 1.807) is 72.8 Å². The van der Waals surface area contributed by atoms with Crippen LogP contribution < -0.4 is 20.9 Å². The van der Waals surface area contributed by atoms with E-state index >= 15 is 0 Å². The largest absolute Gasteiger partial charge is 0.508 e. The van der Waals surface area contributed by atoms with Crippen LogP contribution in [0.4, 0.5) is 11.4 Å². The van der Waals surface area contributed by atoms with Crippen molar-refractivity contribution in [2.75, 3.05) is 11.5 Å². The lowest BCUT2D eigenvalue weighted by Gasteiger charge is -2.05. The lowest BCUT2D eigenvalue weighted by molar-refractivity contribution is 0.464. The molecule has 0 aliphatic heterocycles. The molecule has 6 heteroatoms. The summed E-state index contributed by atoms with van der Waals surface area (Å²) in [6.45, 7) is 4.25. The van der Waals surface area contributed by atoms with Gasteiger partial charge in [-0.2, -0.15) is 0 Å². The van der Waals surface area contributed by atoms with E-state index in [9.17, 15) is 0 Å². The Labute approximate surface area is 194 Å². The fraction of sp³-hybridized carbons (Fsp3) is 0.111. The molecule has 6 nitrogen and oxygen atoms in total. The Morgan fingerprint density at radius 3 is 1.18 bits per heavy atom. The molecule has 0 spiro atoms. The molecule has 0 amide bonds. The minimum Gasteiger partial charge on any atom is -0.508 e. The zero-order valence-corrected chi connectivity index (χ0v) is 18.8. The number of hydrogen-bond donors (Lipinski definition) is 4. The fourth-order valence-electron chi connectivity index (χ4n) is 2.46. The van der Waals surface area contributed by atoms with Crippen molar-refractivity contribution >= 4 is 11.4 Å². The van der Waals surface area contributed by atoms with E-state index in [-0.39, 0.29) is 11.5 Å². The van der Waals surface area contributed by atoms with Crippen LogP contribution >= 0.6 is 0 Å². The predicted molar refractivity (Wildman–Crippen MR) is 134 cm³/mol. The van der Waals surface area contributed by atoms with Gasteiger partial charge in [-0.25, -0.2) is 0 Å². The maximum Gasteiger partial charge on any atom is 0.129 e. The first-order valence-corrected chi connectivity index (χ1v) is 10.5. The molecule has 0 saturated carbocycles. The third-order valence-corrected chi connectivity index (χ3v) is 3.86. The second-order valence-corrected chi connectivity index (χ2v) is 7.04. The lowest BCUT2D eigenvalue weighted by atomic mass is 10.3. The normalized spacial score (nSPS) is 9.52. The molecule has 0 bridgehead atoms. The molecule has 0 aliphatic rings. The molecule has 0 fully saturated rings. The van der Waals surface area contributed by atoms with E-state index in [1.165, 1.54) is 6.42 Å². The lowest BCUT2D eigenvalue weighted by Crippen LogP contribution is -1.87. The van der Waals surface area contributed by atoms with Gasteiger partial charge in [-0.3, -0.25) is 0 Å². The van der Waals surface area contributed by atoms with Gasteiger partial charge in [0.25, 0.3) is 0 Å². The van der Waals surface area contributed by atoms with Crippen LogP contribution in [-0.4, -0.2) is 10.2 Å². The number of aromatic hydroxyl groups is 2. The first-order valence-electron chi connectivity index (χ1n) is 10.5. The third-order valence-electron chi connectivity index (χ3n) is 3.86. The molecule has 0 unspecified atom stereocenters. The summed E-state index contributed by atoms with van der Waals surface area (Å²) in [4.78, 5) is 0. The Hall–Kier alpha value is -4.32. The molecule has 0 radical (unpaired) electrons. The number of anilines is 2. The van der Waals surface area contributed by atoms with E-state index in [1.807, 2.05) is 24.3 Å². The number of phenols is 2. The maximum absolute atomic E-state index is 9.09. The van der Waals surface area contributed by atoms with Crippen LogP contribution in [0, 0.1) is 0 Å². The molecule has 0 saturated heterocycles. The Bertz CT molecular complexity index is 1010. The van der Waals surface area contributed by atoms with Crippen molar-refractivity contribution in [2.24, 2.45) is 0 Å². The minimum absolute atomic E-state index is 0.218. The predicted octanol–water partition coefficient (Wildman–Crippen LogP) is 6.95. The van der Waals surface area contributed by atoms with Crippen molar-refractivity contribution in [1.82, 2.24) is 0 Å². The topological polar surface area (TPSA) is 111 Å². The Kier molecular flexibility index (Phi) is 9.95. The molecular weight excluding hydrogens is 416 g/mol.